The van der Waals surface area contributed by atoms with Gasteiger partial charge in [0.2, 0.25) is 0 Å². The number of hydrogen-bond donors (Lipinski definition) is 0. The van der Waals surface area contributed by atoms with Crippen molar-refractivity contribution >= 4 is 23.6 Å². The number of ketones is 1. The Hall–Kier alpha value is -1.80. The van der Waals surface area contributed by atoms with Gasteiger partial charge in [0.25, 0.3) is 0 Å². The van der Waals surface area contributed by atoms with Gasteiger partial charge in [-0.05, 0) is 43.0 Å². The maximum Gasteiger partial charge on any atom is 0.185 e. The highest BCUT2D eigenvalue weighted by atomic mass is 32.2. The summed E-state index contributed by atoms with van der Waals surface area (Å²) in [4.78, 5) is 13.2. The second kappa shape index (κ2) is 6.39. The van der Waals surface area contributed by atoms with Crippen LogP contribution in [0.4, 0.5) is 0 Å². The number of benzene rings is 2. The Balaban J connectivity index is 2.11. The lowest BCUT2D eigenvalue weighted by Crippen LogP contribution is -1.94. The van der Waals surface area contributed by atoms with E-state index in [1.165, 1.54) is 4.90 Å². The topological polar surface area (TPSA) is 17.1 Å². The summed E-state index contributed by atoms with van der Waals surface area (Å²) in [6.07, 6.45) is 5.53. The SMILES string of the molecule is CSc1ccc(C=CC(=O)c2cccc(C)c2)cc1. The van der Waals surface area contributed by atoms with Gasteiger partial charge in [0.1, 0.15) is 0 Å². The zero-order chi connectivity index (χ0) is 13.7. The first-order chi connectivity index (χ1) is 9.19. The second-order valence-corrected chi connectivity index (χ2v) is 5.22. The predicted octanol–water partition coefficient (Wildman–Crippen LogP) is 4.61. The normalized spacial score (nSPS) is 10.8. The summed E-state index contributed by atoms with van der Waals surface area (Å²) in [6, 6.07) is 15.8. The minimum Gasteiger partial charge on any atom is -0.289 e. The van der Waals surface area contributed by atoms with Crippen molar-refractivity contribution in [3.05, 3.63) is 71.3 Å². The molecule has 0 saturated heterocycles. The second-order valence-electron chi connectivity index (χ2n) is 4.34. The number of aryl methyl sites for hydroxylation is 1. The van der Waals surface area contributed by atoms with Crippen molar-refractivity contribution in [2.45, 2.75) is 11.8 Å². The fraction of sp³-hybridized carbons (Fsp3) is 0.118. The first kappa shape index (κ1) is 13.6. The van der Waals surface area contributed by atoms with E-state index in [1.54, 1.807) is 17.8 Å². The van der Waals surface area contributed by atoms with Crippen molar-refractivity contribution in [2.24, 2.45) is 0 Å². The van der Waals surface area contributed by atoms with Crippen LogP contribution < -0.4 is 0 Å². The van der Waals surface area contributed by atoms with Crippen LogP contribution in [0.1, 0.15) is 21.5 Å². The van der Waals surface area contributed by atoms with E-state index in [0.717, 1.165) is 16.7 Å². The van der Waals surface area contributed by atoms with Crippen molar-refractivity contribution < 1.29 is 4.79 Å². The molecule has 0 aromatic heterocycles. The highest BCUT2D eigenvalue weighted by molar-refractivity contribution is 7.98. The fourth-order valence-electron chi connectivity index (χ4n) is 1.78. The fourth-order valence-corrected chi connectivity index (χ4v) is 2.19. The van der Waals surface area contributed by atoms with Gasteiger partial charge in [-0.2, -0.15) is 0 Å². The molecule has 0 heterocycles. The van der Waals surface area contributed by atoms with Crippen molar-refractivity contribution in [1.29, 1.82) is 0 Å². The number of rotatable bonds is 4. The molecule has 2 aromatic rings. The highest BCUT2D eigenvalue weighted by Gasteiger charge is 2.01. The Bertz CT molecular complexity index is 597. The smallest absolute Gasteiger partial charge is 0.185 e. The summed E-state index contributed by atoms with van der Waals surface area (Å²) in [5, 5.41) is 0. The van der Waals surface area contributed by atoms with Crippen LogP contribution in [0.25, 0.3) is 6.08 Å². The highest BCUT2D eigenvalue weighted by Crippen LogP contribution is 2.15. The van der Waals surface area contributed by atoms with Crippen molar-refractivity contribution in [3.63, 3.8) is 0 Å². The molecule has 2 aromatic carbocycles. The molecule has 0 aliphatic rings. The lowest BCUT2D eigenvalue weighted by Gasteiger charge is -1.98. The Morgan fingerprint density at radius 3 is 2.47 bits per heavy atom. The molecule has 0 atom stereocenters. The number of carbonyl (C=O) groups excluding carboxylic acids is 1. The van der Waals surface area contributed by atoms with E-state index in [4.69, 9.17) is 0 Å². The van der Waals surface area contributed by atoms with Crippen molar-refractivity contribution in [3.8, 4) is 0 Å². The molecule has 0 N–H and O–H groups in total. The maximum absolute atomic E-state index is 12.0. The number of hydrogen-bond acceptors (Lipinski definition) is 2. The van der Waals surface area contributed by atoms with Gasteiger partial charge >= 0.3 is 0 Å². The predicted molar refractivity (Wildman–Crippen MR) is 82.8 cm³/mol. The van der Waals surface area contributed by atoms with Crippen molar-refractivity contribution in [1.82, 2.24) is 0 Å². The summed E-state index contributed by atoms with van der Waals surface area (Å²) in [7, 11) is 0. The zero-order valence-corrected chi connectivity index (χ0v) is 11.9. The molecule has 0 unspecified atom stereocenters. The molecule has 2 rings (SSSR count). The van der Waals surface area contributed by atoms with Crippen LogP contribution >= 0.6 is 11.8 Å². The third-order valence-corrected chi connectivity index (χ3v) is 3.59. The molecule has 2 heteroatoms. The molecule has 0 amide bonds. The van der Waals surface area contributed by atoms with Crippen LogP contribution in [0.15, 0.2) is 59.5 Å². The molecule has 0 fully saturated rings. The Morgan fingerprint density at radius 2 is 1.84 bits per heavy atom. The van der Waals surface area contributed by atoms with Gasteiger partial charge < -0.3 is 0 Å². The largest absolute Gasteiger partial charge is 0.289 e. The van der Waals surface area contributed by atoms with E-state index >= 15 is 0 Å². The lowest BCUT2D eigenvalue weighted by molar-refractivity contribution is 0.104. The molecule has 0 aliphatic carbocycles. The van der Waals surface area contributed by atoms with Gasteiger partial charge in [0, 0.05) is 10.5 Å². The van der Waals surface area contributed by atoms with Crippen LogP contribution in [-0.2, 0) is 0 Å². The van der Waals surface area contributed by atoms with Crippen molar-refractivity contribution in [2.75, 3.05) is 6.26 Å². The molecule has 0 aliphatic heterocycles. The minimum atomic E-state index is 0.0395. The summed E-state index contributed by atoms with van der Waals surface area (Å²) in [5.74, 6) is 0.0395. The molecule has 0 bridgehead atoms. The van der Waals surface area contributed by atoms with Gasteiger partial charge in [-0.15, -0.1) is 11.8 Å². The maximum atomic E-state index is 12.0. The van der Waals surface area contributed by atoms with Gasteiger partial charge in [-0.25, -0.2) is 0 Å². The number of carbonyl (C=O) groups is 1. The van der Waals surface area contributed by atoms with E-state index in [2.05, 4.69) is 12.1 Å². The van der Waals surface area contributed by atoms with Crippen LogP contribution in [0.3, 0.4) is 0 Å². The molecule has 96 valence electrons. The molecule has 0 spiro atoms. The first-order valence-electron chi connectivity index (χ1n) is 6.12. The lowest BCUT2D eigenvalue weighted by atomic mass is 10.1. The number of allylic oxidation sites excluding steroid dienone is 1. The Kier molecular flexibility index (Phi) is 4.58. The molecular weight excluding hydrogens is 252 g/mol. The summed E-state index contributed by atoms with van der Waals surface area (Å²) in [5.41, 5.74) is 2.87. The zero-order valence-electron chi connectivity index (χ0n) is 11.1. The molecule has 19 heavy (non-hydrogen) atoms. The van der Waals surface area contributed by atoms with Crippen LogP contribution in [0, 0.1) is 6.92 Å². The number of thioether (sulfide) groups is 1. The van der Waals surface area contributed by atoms with Crippen LogP contribution in [-0.4, -0.2) is 12.0 Å². The molecule has 0 saturated carbocycles. The van der Waals surface area contributed by atoms with Gasteiger partial charge in [0.05, 0.1) is 0 Å². The Labute approximate surface area is 118 Å². The van der Waals surface area contributed by atoms with E-state index in [0.29, 0.717) is 0 Å². The first-order valence-corrected chi connectivity index (χ1v) is 7.34. The van der Waals surface area contributed by atoms with Gasteiger partial charge in [-0.3, -0.25) is 4.79 Å². The average Bonchev–Trinajstić information content (AvgIpc) is 2.45. The standard InChI is InChI=1S/C17H16OS/c1-13-4-3-5-15(12-13)17(18)11-8-14-6-9-16(19-2)10-7-14/h3-12H,1-2H3. The Morgan fingerprint density at radius 1 is 1.11 bits per heavy atom. The third-order valence-electron chi connectivity index (χ3n) is 2.85. The molecular formula is C17H16OS. The average molecular weight is 268 g/mol. The summed E-state index contributed by atoms with van der Waals surface area (Å²) < 4.78 is 0. The van der Waals surface area contributed by atoms with E-state index < -0.39 is 0 Å². The van der Waals surface area contributed by atoms with E-state index in [-0.39, 0.29) is 5.78 Å². The minimum absolute atomic E-state index is 0.0395. The molecule has 0 radical (unpaired) electrons. The van der Waals surface area contributed by atoms with Gasteiger partial charge in [0.15, 0.2) is 5.78 Å². The van der Waals surface area contributed by atoms with Gasteiger partial charge in [-0.1, -0.05) is 42.0 Å². The van der Waals surface area contributed by atoms with Crippen LogP contribution in [0.5, 0.6) is 0 Å². The monoisotopic (exact) mass is 268 g/mol. The van der Waals surface area contributed by atoms with E-state index in [9.17, 15) is 4.79 Å². The quantitative estimate of drug-likeness (QED) is 0.457. The summed E-state index contributed by atoms with van der Waals surface area (Å²) >= 11 is 1.71. The van der Waals surface area contributed by atoms with Crippen LogP contribution in [0.2, 0.25) is 0 Å². The third kappa shape index (κ3) is 3.83. The summed E-state index contributed by atoms with van der Waals surface area (Å²) in [6.45, 7) is 1.99. The molecule has 1 nitrogen and oxygen atoms in total. The van der Waals surface area contributed by atoms with E-state index in [1.807, 2.05) is 55.7 Å².